The molecule has 0 fully saturated rings. The lowest BCUT2D eigenvalue weighted by Gasteiger charge is -2.26. The average molecular weight is 349 g/mol. The van der Waals surface area contributed by atoms with E-state index in [1.165, 1.54) is 0 Å². The Balaban J connectivity index is 1.92. The van der Waals surface area contributed by atoms with E-state index in [9.17, 15) is 14.7 Å². The van der Waals surface area contributed by atoms with Crippen molar-refractivity contribution in [1.29, 1.82) is 0 Å². The number of amides is 1. The van der Waals surface area contributed by atoms with Crippen LogP contribution in [0.25, 0.3) is 6.08 Å². The highest BCUT2D eigenvalue weighted by atomic mass is 16.4. The van der Waals surface area contributed by atoms with E-state index in [-0.39, 0.29) is 5.91 Å². The Kier molecular flexibility index (Phi) is 4.68. The Labute approximate surface area is 153 Å². The lowest BCUT2D eigenvalue weighted by atomic mass is 9.94. The molecule has 1 aliphatic carbocycles. The smallest absolute Gasteiger partial charge is 0.330 e. The van der Waals surface area contributed by atoms with E-state index in [0.717, 1.165) is 27.8 Å². The molecule has 0 atom stereocenters. The summed E-state index contributed by atoms with van der Waals surface area (Å²) in [7, 11) is 0. The molecule has 0 saturated carbocycles. The number of hydrogen-bond donors (Lipinski definition) is 2. The number of nitrogens with one attached hydrogen (secondary N) is 1. The molecule has 0 saturated heterocycles. The summed E-state index contributed by atoms with van der Waals surface area (Å²) in [6.45, 7) is 5.89. The third-order valence-corrected chi connectivity index (χ3v) is 4.93. The number of carbonyl (C=O) groups is 2. The Morgan fingerprint density at radius 3 is 2.19 bits per heavy atom. The van der Waals surface area contributed by atoms with Gasteiger partial charge in [0.25, 0.3) is 5.91 Å². The maximum absolute atomic E-state index is 12.9. The zero-order valence-electron chi connectivity index (χ0n) is 15.3. The van der Waals surface area contributed by atoms with Gasteiger partial charge in [-0.3, -0.25) is 4.79 Å². The van der Waals surface area contributed by atoms with Crippen LogP contribution in [-0.2, 0) is 17.6 Å². The number of fused-ring (bicyclic) bond motifs is 1. The fourth-order valence-corrected chi connectivity index (χ4v) is 3.56. The van der Waals surface area contributed by atoms with Crippen molar-refractivity contribution in [2.75, 3.05) is 0 Å². The van der Waals surface area contributed by atoms with Gasteiger partial charge in [-0.2, -0.15) is 0 Å². The molecule has 2 N–H and O–H groups in total. The fourth-order valence-electron chi connectivity index (χ4n) is 3.56. The monoisotopic (exact) mass is 349 g/mol. The molecule has 2 aromatic carbocycles. The van der Waals surface area contributed by atoms with E-state index in [4.69, 9.17) is 0 Å². The van der Waals surface area contributed by atoms with Crippen molar-refractivity contribution in [3.8, 4) is 0 Å². The molecule has 2 aromatic rings. The van der Waals surface area contributed by atoms with Crippen molar-refractivity contribution in [2.45, 2.75) is 39.2 Å². The first-order valence-corrected chi connectivity index (χ1v) is 8.69. The molecule has 26 heavy (non-hydrogen) atoms. The molecular weight excluding hydrogens is 326 g/mol. The largest absolute Gasteiger partial charge is 0.479 e. The minimum absolute atomic E-state index is 0.303. The first-order valence-electron chi connectivity index (χ1n) is 8.69. The fraction of sp³-hybridized carbons (Fsp3) is 0.273. The maximum atomic E-state index is 12.9. The average Bonchev–Trinajstić information content (AvgIpc) is 2.95. The van der Waals surface area contributed by atoms with Crippen molar-refractivity contribution < 1.29 is 14.7 Å². The van der Waals surface area contributed by atoms with Crippen molar-refractivity contribution in [2.24, 2.45) is 0 Å². The molecule has 0 bridgehead atoms. The Morgan fingerprint density at radius 2 is 1.65 bits per heavy atom. The molecule has 134 valence electrons. The van der Waals surface area contributed by atoms with Crippen molar-refractivity contribution in [3.63, 3.8) is 0 Å². The number of carboxylic acids is 1. The minimum Gasteiger partial charge on any atom is -0.479 e. The third-order valence-electron chi connectivity index (χ3n) is 4.93. The lowest BCUT2D eigenvalue weighted by Crippen LogP contribution is -2.55. The predicted octanol–water partition coefficient (Wildman–Crippen LogP) is 3.77. The van der Waals surface area contributed by atoms with Gasteiger partial charge in [-0.15, -0.1) is 0 Å². The first-order chi connectivity index (χ1) is 12.3. The summed E-state index contributed by atoms with van der Waals surface area (Å²) in [5.74, 6) is -1.35. The Morgan fingerprint density at radius 1 is 1.04 bits per heavy atom. The number of carboxylic acid groups (broad SMARTS) is 1. The standard InChI is InChI=1S/C22H23NO3/c1-14(2)11-16-9-6-10-19(15(16)3)20(24)23-22(21(25)26)12-17-7-4-5-8-18(17)13-22/h4-11H,12-13H2,1-3H3,(H,23,24)(H,25,26). The van der Waals surface area contributed by atoms with Crippen LogP contribution < -0.4 is 5.32 Å². The summed E-state index contributed by atoms with van der Waals surface area (Å²) in [5, 5.41) is 12.7. The number of rotatable bonds is 4. The molecule has 0 unspecified atom stereocenters. The minimum atomic E-state index is -1.29. The van der Waals surface area contributed by atoms with Gasteiger partial charge >= 0.3 is 5.97 Å². The first kappa shape index (κ1) is 17.9. The highest BCUT2D eigenvalue weighted by Gasteiger charge is 2.45. The van der Waals surface area contributed by atoms with E-state index in [1.54, 1.807) is 6.07 Å². The second-order valence-electron chi connectivity index (χ2n) is 7.21. The van der Waals surface area contributed by atoms with Crippen LogP contribution in [0.1, 0.15) is 46.5 Å². The van der Waals surface area contributed by atoms with Crippen LogP contribution in [0.2, 0.25) is 0 Å². The predicted molar refractivity (Wildman–Crippen MR) is 102 cm³/mol. The molecular formula is C22H23NO3. The summed E-state index contributed by atoms with van der Waals surface area (Å²) in [6, 6.07) is 13.2. The van der Waals surface area contributed by atoms with Gasteiger partial charge in [0.2, 0.25) is 0 Å². The Bertz CT molecular complexity index is 882. The molecule has 4 heteroatoms. The zero-order chi connectivity index (χ0) is 18.9. The van der Waals surface area contributed by atoms with Crippen molar-refractivity contribution in [3.05, 3.63) is 75.9 Å². The van der Waals surface area contributed by atoms with Crippen LogP contribution >= 0.6 is 0 Å². The van der Waals surface area contributed by atoms with Crippen molar-refractivity contribution in [1.82, 2.24) is 5.32 Å². The second-order valence-corrected chi connectivity index (χ2v) is 7.21. The van der Waals surface area contributed by atoms with Gasteiger partial charge in [0.1, 0.15) is 5.54 Å². The molecule has 1 aliphatic rings. The molecule has 0 radical (unpaired) electrons. The van der Waals surface area contributed by atoms with Gasteiger partial charge in [0.05, 0.1) is 0 Å². The van der Waals surface area contributed by atoms with Gasteiger partial charge in [-0.05, 0) is 49.1 Å². The highest BCUT2D eigenvalue weighted by Crippen LogP contribution is 2.31. The highest BCUT2D eigenvalue weighted by molar-refractivity contribution is 6.00. The number of aliphatic carboxylic acids is 1. The number of hydrogen-bond acceptors (Lipinski definition) is 2. The van der Waals surface area contributed by atoms with Crippen molar-refractivity contribution >= 4 is 18.0 Å². The molecule has 0 aliphatic heterocycles. The summed E-state index contributed by atoms with van der Waals surface area (Å²) in [4.78, 5) is 25.0. The molecule has 0 spiro atoms. The quantitative estimate of drug-likeness (QED) is 0.883. The number of benzene rings is 2. The van der Waals surface area contributed by atoms with E-state index < -0.39 is 11.5 Å². The number of carbonyl (C=O) groups excluding carboxylic acids is 1. The van der Waals surface area contributed by atoms with E-state index in [0.29, 0.717) is 18.4 Å². The van der Waals surface area contributed by atoms with Gasteiger partial charge in [0, 0.05) is 18.4 Å². The van der Waals surface area contributed by atoms with E-state index in [2.05, 4.69) is 5.32 Å². The van der Waals surface area contributed by atoms with Crippen LogP contribution in [0.15, 0.2) is 48.0 Å². The van der Waals surface area contributed by atoms with Crippen LogP contribution in [0.5, 0.6) is 0 Å². The maximum Gasteiger partial charge on any atom is 0.330 e. The molecule has 4 nitrogen and oxygen atoms in total. The van der Waals surface area contributed by atoms with Gasteiger partial charge in [-0.1, -0.05) is 48.0 Å². The summed E-state index contributed by atoms with van der Waals surface area (Å²) in [5.41, 5.74) is 4.13. The molecule has 0 heterocycles. The summed E-state index contributed by atoms with van der Waals surface area (Å²) >= 11 is 0. The third kappa shape index (κ3) is 3.27. The molecule has 1 amide bonds. The van der Waals surface area contributed by atoms with E-state index >= 15 is 0 Å². The molecule has 0 aromatic heterocycles. The SMILES string of the molecule is CC(C)=Cc1cccc(C(=O)NC2(C(=O)O)Cc3ccccc3C2)c1C. The Hall–Kier alpha value is -2.88. The summed E-state index contributed by atoms with van der Waals surface area (Å²) in [6.07, 6.45) is 2.62. The summed E-state index contributed by atoms with van der Waals surface area (Å²) < 4.78 is 0. The van der Waals surface area contributed by atoms with Gasteiger partial charge in [0.15, 0.2) is 0 Å². The van der Waals surface area contributed by atoms with Crippen LogP contribution in [0.3, 0.4) is 0 Å². The number of allylic oxidation sites excluding steroid dienone is 1. The molecule has 3 rings (SSSR count). The van der Waals surface area contributed by atoms with Crippen LogP contribution in [0, 0.1) is 6.92 Å². The lowest BCUT2D eigenvalue weighted by molar-refractivity contribution is -0.144. The van der Waals surface area contributed by atoms with E-state index in [1.807, 2.05) is 63.2 Å². The normalized spacial score (nSPS) is 14.4. The van der Waals surface area contributed by atoms with Crippen LogP contribution in [-0.4, -0.2) is 22.5 Å². The zero-order valence-corrected chi connectivity index (χ0v) is 15.3. The van der Waals surface area contributed by atoms with Crippen LogP contribution in [0.4, 0.5) is 0 Å². The van der Waals surface area contributed by atoms with Gasteiger partial charge in [-0.25, -0.2) is 4.79 Å². The topological polar surface area (TPSA) is 66.4 Å². The van der Waals surface area contributed by atoms with Gasteiger partial charge < -0.3 is 10.4 Å². The second kappa shape index (κ2) is 6.79.